The van der Waals surface area contributed by atoms with Gasteiger partial charge in [0, 0.05) is 17.4 Å². The fourth-order valence-electron chi connectivity index (χ4n) is 3.57. The molecule has 0 aromatic heterocycles. The van der Waals surface area contributed by atoms with Crippen molar-refractivity contribution in [3.8, 4) is 11.5 Å². The molecule has 4 rings (SSSR count). The molecule has 0 aliphatic carbocycles. The summed E-state index contributed by atoms with van der Waals surface area (Å²) in [6.45, 7) is 6.76. The largest absolute Gasteiger partial charge is 0.486 e. The normalized spacial score (nSPS) is 16.9. The molecule has 140 valence electrons. The van der Waals surface area contributed by atoms with E-state index in [0.717, 1.165) is 16.8 Å². The zero-order valence-corrected chi connectivity index (χ0v) is 15.7. The van der Waals surface area contributed by atoms with Crippen LogP contribution in [0.2, 0.25) is 0 Å². The Labute approximate surface area is 158 Å². The molecule has 27 heavy (non-hydrogen) atoms. The van der Waals surface area contributed by atoms with E-state index in [1.807, 2.05) is 39.0 Å². The fraction of sp³-hybridized carbons (Fsp3) is 0.333. The van der Waals surface area contributed by atoms with Gasteiger partial charge in [-0.05, 0) is 44.5 Å². The lowest BCUT2D eigenvalue weighted by Crippen LogP contribution is -2.40. The molecule has 2 aliphatic rings. The van der Waals surface area contributed by atoms with Crippen molar-refractivity contribution in [3.63, 3.8) is 0 Å². The van der Waals surface area contributed by atoms with Crippen LogP contribution in [-0.2, 0) is 15.0 Å². The number of benzene rings is 2. The van der Waals surface area contributed by atoms with Crippen LogP contribution in [0.3, 0.4) is 0 Å². The van der Waals surface area contributed by atoms with Gasteiger partial charge in [-0.3, -0.25) is 9.59 Å². The van der Waals surface area contributed by atoms with Crippen LogP contribution in [0.5, 0.6) is 11.5 Å². The van der Waals surface area contributed by atoms with Gasteiger partial charge in [-0.15, -0.1) is 0 Å². The monoisotopic (exact) mass is 366 g/mol. The highest BCUT2D eigenvalue weighted by Crippen LogP contribution is 2.41. The van der Waals surface area contributed by atoms with E-state index in [1.165, 1.54) is 0 Å². The number of hydrogen-bond acceptors (Lipinski definition) is 4. The minimum absolute atomic E-state index is 0.0350. The van der Waals surface area contributed by atoms with E-state index < -0.39 is 5.41 Å². The topological polar surface area (TPSA) is 67.9 Å². The summed E-state index contributed by atoms with van der Waals surface area (Å²) < 4.78 is 11.0. The van der Waals surface area contributed by atoms with Crippen molar-refractivity contribution in [2.75, 3.05) is 30.0 Å². The zero-order valence-electron chi connectivity index (χ0n) is 15.7. The van der Waals surface area contributed by atoms with Crippen LogP contribution < -0.4 is 19.7 Å². The Balaban J connectivity index is 1.53. The average molecular weight is 366 g/mol. The summed E-state index contributed by atoms with van der Waals surface area (Å²) in [5, 5.41) is 2.84. The number of carbonyl (C=O) groups is 2. The predicted molar refractivity (Wildman–Crippen MR) is 103 cm³/mol. The van der Waals surface area contributed by atoms with Gasteiger partial charge in [0.05, 0.1) is 5.41 Å². The van der Waals surface area contributed by atoms with E-state index in [2.05, 4.69) is 5.32 Å². The number of hydrogen-bond donors (Lipinski definition) is 1. The number of nitrogens with zero attached hydrogens (tertiary/aromatic N) is 1. The first kappa shape index (κ1) is 17.4. The van der Waals surface area contributed by atoms with Crippen molar-refractivity contribution in [1.82, 2.24) is 0 Å². The number of fused-ring (bicyclic) bond motifs is 2. The first-order chi connectivity index (χ1) is 12.9. The van der Waals surface area contributed by atoms with E-state index >= 15 is 0 Å². The molecule has 2 heterocycles. The third-order valence-corrected chi connectivity index (χ3v) is 5.02. The fourth-order valence-corrected chi connectivity index (χ4v) is 3.57. The molecular formula is C21H22N2O4. The van der Waals surface area contributed by atoms with Crippen molar-refractivity contribution < 1.29 is 19.1 Å². The molecule has 0 fully saturated rings. The van der Waals surface area contributed by atoms with Crippen molar-refractivity contribution in [2.45, 2.75) is 26.2 Å². The number of amides is 2. The molecule has 0 radical (unpaired) electrons. The summed E-state index contributed by atoms with van der Waals surface area (Å²) >= 11 is 0. The summed E-state index contributed by atoms with van der Waals surface area (Å²) in [6, 6.07) is 11.2. The van der Waals surface area contributed by atoms with Gasteiger partial charge in [0.15, 0.2) is 11.5 Å². The molecule has 2 aromatic rings. The molecule has 6 nitrogen and oxygen atoms in total. The quantitative estimate of drug-likeness (QED) is 0.907. The molecule has 6 heteroatoms. The molecule has 0 saturated heterocycles. The Morgan fingerprint density at radius 2 is 1.85 bits per heavy atom. The molecule has 0 unspecified atom stereocenters. The molecule has 1 N–H and O–H groups in total. The van der Waals surface area contributed by atoms with Crippen molar-refractivity contribution in [3.05, 3.63) is 47.5 Å². The van der Waals surface area contributed by atoms with Crippen LogP contribution in [-0.4, -0.2) is 31.6 Å². The number of aryl methyl sites for hydroxylation is 1. The van der Waals surface area contributed by atoms with E-state index in [0.29, 0.717) is 30.4 Å². The molecular weight excluding hydrogens is 344 g/mol. The van der Waals surface area contributed by atoms with Gasteiger partial charge in [0.2, 0.25) is 11.8 Å². The number of rotatable bonds is 3. The third-order valence-electron chi connectivity index (χ3n) is 5.02. The van der Waals surface area contributed by atoms with E-state index in [1.54, 1.807) is 23.1 Å². The second-order valence-corrected chi connectivity index (χ2v) is 7.44. The molecule has 0 bridgehead atoms. The minimum Gasteiger partial charge on any atom is -0.486 e. The average Bonchev–Trinajstić information content (AvgIpc) is 2.82. The van der Waals surface area contributed by atoms with Crippen LogP contribution in [0.25, 0.3) is 0 Å². The Morgan fingerprint density at radius 1 is 1.11 bits per heavy atom. The summed E-state index contributed by atoms with van der Waals surface area (Å²) in [7, 11) is 0. The van der Waals surface area contributed by atoms with Crippen LogP contribution in [0.4, 0.5) is 11.4 Å². The molecule has 2 amide bonds. The molecule has 0 spiro atoms. The Hall–Kier alpha value is -3.02. The predicted octanol–water partition coefficient (Wildman–Crippen LogP) is 3.03. The van der Waals surface area contributed by atoms with Crippen LogP contribution >= 0.6 is 0 Å². The summed E-state index contributed by atoms with van der Waals surface area (Å²) in [5.74, 6) is 0.947. The standard InChI is InChI=1S/C21H22N2O4/c1-13-4-6-16-15(10-13)21(2,3)20(25)23(16)12-19(24)22-14-5-7-17-18(11-14)27-9-8-26-17/h4-7,10-11H,8-9,12H2,1-3H3,(H,22,24). The number of nitrogens with one attached hydrogen (secondary N) is 1. The van der Waals surface area contributed by atoms with Gasteiger partial charge in [0.25, 0.3) is 0 Å². The maximum Gasteiger partial charge on any atom is 0.244 e. The van der Waals surface area contributed by atoms with Crippen LogP contribution in [0, 0.1) is 6.92 Å². The van der Waals surface area contributed by atoms with Crippen molar-refractivity contribution >= 4 is 23.2 Å². The number of carbonyl (C=O) groups excluding carboxylic acids is 2. The highest BCUT2D eigenvalue weighted by molar-refractivity contribution is 6.11. The van der Waals surface area contributed by atoms with Gasteiger partial charge >= 0.3 is 0 Å². The van der Waals surface area contributed by atoms with Gasteiger partial charge in [-0.25, -0.2) is 0 Å². The second-order valence-electron chi connectivity index (χ2n) is 7.44. The summed E-state index contributed by atoms with van der Waals surface area (Å²) in [5.41, 5.74) is 2.82. The van der Waals surface area contributed by atoms with Crippen LogP contribution in [0.1, 0.15) is 25.0 Å². The minimum atomic E-state index is -0.640. The summed E-state index contributed by atoms with van der Waals surface area (Å²) in [4.78, 5) is 27.0. The molecule has 0 saturated carbocycles. The lowest BCUT2D eigenvalue weighted by Gasteiger charge is -2.21. The smallest absolute Gasteiger partial charge is 0.244 e. The maximum absolute atomic E-state index is 12.9. The number of anilines is 2. The zero-order chi connectivity index (χ0) is 19.2. The lowest BCUT2D eigenvalue weighted by molar-refractivity contribution is -0.124. The molecule has 0 atom stereocenters. The Morgan fingerprint density at radius 3 is 2.63 bits per heavy atom. The van der Waals surface area contributed by atoms with E-state index in [-0.39, 0.29) is 18.4 Å². The Kier molecular flexibility index (Phi) is 4.06. The first-order valence-electron chi connectivity index (χ1n) is 8.99. The molecule has 2 aliphatic heterocycles. The third kappa shape index (κ3) is 3.01. The Bertz CT molecular complexity index is 936. The maximum atomic E-state index is 12.9. The van der Waals surface area contributed by atoms with Crippen molar-refractivity contribution in [2.24, 2.45) is 0 Å². The first-order valence-corrected chi connectivity index (χ1v) is 8.99. The van der Waals surface area contributed by atoms with E-state index in [4.69, 9.17) is 9.47 Å². The lowest BCUT2D eigenvalue weighted by atomic mass is 9.85. The van der Waals surface area contributed by atoms with Gasteiger partial charge in [-0.2, -0.15) is 0 Å². The summed E-state index contributed by atoms with van der Waals surface area (Å²) in [6.07, 6.45) is 0. The highest BCUT2D eigenvalue weighted by atomic mass is 16.6. The second kappa shape index (κ2) is 6.30. The van der Waals surface area contributed by atoms with E-state index in [9.17, 15) is 9.59 Å². The van der Waals surface area contributed by atoms with Crippen LogP contribution in [0.15, 0.2) is 36.4 Å². The molecule has 2 aromatic carbocycles. The SMILES string of the molecule is Cc1ccc2c(c1)C(C)(C)C(=O)N2CC(=O)Nc1ccc2c(c1)OCCO2. The van der Waals surface area contributed by atoms with Gasteiger partial charge in [-0.1, -0.05) is 17.7 Å². The van der Waals surface area contributed by atoms with Crippen molar-refractivity contribution in [1.29, 1.82) is 0 Å². The van der Waals surface area contributed by atoms with Gasteiger partial charge < -0.3 is 19.7 Å². The van der Waals surface area contributed by atoms with Gasteiger partial charge in [0.1, 0.15) is 19.8 Å². The number of ether oxygens (including phenoxy) is 2. The highest BCUT2D eigenvalue weighted by Gasteiger charge is 2.44.